The van der Waals surface area contributed by atoms with Gasteiger partial charge in [-0.3, -0.25) is 9.79 Å². The number of carbonyl (C=O) groups excluding carboxylic acids is 2. The number of aliphatic carboxylic acids is 1. The molecule has 0 radical (unpaired) electrons. The topological polar surface area (TPSA) is 201 Å². The van der Waals surface area contributed by atoms with Gasteiger partial charge >= 0.3 is 12.0 Å². The van der Waals surface area contributed by atoms with Crippen molar-refractivity contribution in [1.29, 1.82) is 0 Å². The van der Waals surface area contributed by atoms with Gasteiger partial charge in [-0.1, -0.05) is 0 Å². The third-order valence-corrected chi connectivity index (χ3v) is 4.04. The number of aromatic hydroxyl groups is 1. The Kier molecular flexibility index (Phi) is 8.79. The summed E-state index contributed by atoms with van der Waals surface area (Å²) in [6.45, 7) is -0.139. The number of ether oxygens (including phenoxy) is 1. The Morgan fingerprint density at radius 1 is 1.12 bits per heavy atom. The molecule has 0 spiro atoms. The number of nitrogens with one attached hydrogen (secondary N) is 3. The third kappa shape index (κ3) is 8.24. The fourth-order valence-corrected chi connectivity index (χ4v) is 2.48. The Labute approximate surface area is 187 Å². The lowest BCUT2D eigenvalue weighted by molar-refractivity contribution is -0.138. The summed E-state index contributed by atoms with van der Waals surface area (Å²) in [5.41, 5.74) is 10.5. The van der Waals surface area contributed by atoms with Gasteiger partial charge in [-0.15, -0.1) is 0 Å². The number of aliphatic imine (C=N–C) groups is 1. The van der Waals surface area contributed by atoms with Crippen LogP contribution in [0.3, 0.4) is 0 Å². The molecule has 12 nitrogen and oxygen atoms in total. The lowest BCUT2D eigenvalue weighted by Crippen LogP contribution is -2.49. The molecule has 3 amide bonds. The van der Waals surface area contributed by atoms with E-state index in [0.29, 0.717) is 0 Å². The summed E-state index contributed by atoms with van der Waals surface area (Å²) in [5.74, 6) is -2.90. The summed E-state index contributed by atoms with van der Waals surface area (Å²) in [4.78, 5) is 39.5. The van der Waals surface area contributed by atoms with Crippen LogP contribution in [0.4, 0.5) is 14.9 Å². The minimum Gasteiger partial charge on any atom is -0.507 e. The number of urea groups is 1. The van der Waals surface area contributed by atoms with E-state index in [0.717, 1.165) is 12.1 Å². The highest BCUT2D eigenvalue weighted by Gasteiger charge is 2.22. The molecule has 0 saturated heterocycles. The highest BCUT2D eigenvalue weighted by molar-refractivity contribution is 5.97. The van der Waals surface area contributed by atoms with E-state index < -0.39 is 42.1 Å². The smallest absolute Gasteiger partial charge is 0.328 e. The molecule has 9 N–H and O–H groups in total. The average molecular weight is 462 g/mol. The van der Waals surface area contributed by atoms with Crippen molar-refractivity contribution >= 4 is 29.6 Å². The Morgan fingerprint density at radius 2 is 1.82 bits per heavy atom. The second-order valence-corrected chi connectivity index (χ2v) is 6.54. The molecule has 0 fully saturated rings. The zero-order chi connectivity index (χ0) is 24.4. The van der Waals surface area contributed by atoms with Crippen LogP contribution in [0.25, 0.3) is 0 Å². The van der Waals surface area contributed by atoms with Crippen molar-refractivity contribution in [2.75, 3.05) is 25.0 Å². The molecule has 13 heteroatoms. The van der Waals surface area contributed by atoms with Gasteiger partial charge in [0, 0.05) is 18.3 Å². The minimum atomic E-state index is -1.48. The number of nitrogens with two attached hydrogens (primary N) is 2. The van der Waals surface area contributed by atoms with Crippen LogP contribution in [0, 0.1) is 5.82 Å². The molecule has 33 heavy (non-hydrogen) atoms. The first kappa shape index (κ1) is 24.7. The van der Waals surface area contributed by atoms with Gasteiger partial charge < -0.3 is 42.4 Å². The molecule has 0 unspecified atom stereocenters. The number of amides is 3. The van der Waals surface area contributed by atoms with Gasteiger partial charge in [0.15, 0.2) is 5.96 Å². The SMILES string of the molecule is NC(N)=NCCOc1ccc(C(=O)NC[C@H](NC(=O)Nc2ccc(F)cc2)C(=O)O)c(O)c1. The van der Waals surface area contributed by atoms with Crippen LogP contribution in [-0.4, -0.2) is 59.8 Å². The standard InChI is InChI=1S/C20H23FN6O6/c21-11-1-3-12(4-2-11)26-20(32)27-15(18(30)31)10-25-17(29)14-6-5-13(9-16(14)28)33-8-7-24-19(22)23/h1-6,9,15,28H,7-8,10H2,(H,25,29)(H,30,31)(H4,22,23,24)(H2,26,27,32)/t15-/m0/s1. The largest absolute Gasteiger partial charge is 0.507 e. The van der Waals surface area contributed by atoms with Crippen molar-refractivity contribution in [2.45, 2.75) is 6.04 Å². The zero-order valence-electron chi connectivity index (χ0n) is 17.2. The number of hydrogen-bond donors (Lipinski definition) is 7. The molecule has 1 atom stereocenters. The molecule has 176 valence electrons. The number of carboxylic acid groups (broad SMARTS) is 1. The van der Waals surface area contributed by atoms with E-state index in [1.165, 1.54) is 30.3 Å². The fraction of sp³-hybridized carbons (Fsp3) is 0.200. The normalized spacial score (nSPS) is 11.1. The Bertz CT molecular complexity index is 1030. The van der Waals surface area contributed by atoms with Crippen molar-refractivity contribution in [3.8, 4) is 11.5 Å². The molecule has 2 aromatic carbocycles. The first-order valence-corrected chi connectivity index (χ1v) is 9.51. The summed E-state index contributed by atoms with van der Waals surface area (Å²) >= 11 is 0. The number of hydrogen-bond acceptors (Lipinski definition) is 6. The van der Waals surface area contributed by atoms with Crippen LogP contribution in [0.1, 0.15) is 10.4 Å². The predicted molar refractivity (Wildman–Crippen MR) is 117 cm³/mol. The van der Waals surface area contributed by atoms with Gasteiger partial charge in [0.2, 0.25) is 0 Å². The number of benzene rings is 2. The summed E-state index contributed by atoms with van der Waals surface area (Å²) < 4.78 is 18.3. The van der Waals surface area contributed by atoms with Gasteiger partial charge in [0.25, 0.3) is 5.91 Å². The Hall–Kier alpha value is -4.55. The van der Waals surface area contributed by atoms with E-state index >= 15 is 0 Å². The maximum atomic E-state index is 12.9. The predicted octanol–water partition coefficient (Wildman–Crippen LogP) is 0.188. The monoisotopic (exact) mass is 462 g/mol. The number of carbonyl (C=O) groups is 3. The number of phenols is 1. The third-order valence-electron chi connectivity index (χ3n) is 4.04. The molecule has 0 heterocycles. The lowest BCUT2D eigenvalue weighted by atomic mass is 10.1. The summed E-state index contributed by atoms with van der Waals surface area (Å²) in [7, 11) is 0. The van der Waals surface area contributed by atoms with Crippen molar-refractivity contribution in [2.24, 2.45) is 16.5 Å². The first-order valence-electron chi connectivity index (χ1n) is 9.51. The molecule has 0 saturated carbocycles. The van der Waals surface area contributed by atoms with Crippen LogP contribution in [0.2, 0.25) is 0 Å². The van der Waals surface area contributed by atoms with Gasteiger partial charge in [-0.05, 0) is 36.4 Å². The van der Waals surface area contributed by atoms with Gasteiger partial charge in [-0.25, -0.2) is 14.0 Å². The van der Waals surface area contributed by atoms with Gasteiger partial charge in [-0.2, -0.15) is 0 Å². The van der Waals surface area contributed by atoms with E-state index in [9.17, 15) is 29.0 Å². The van der Waals surface area contributed by atoms with Crippen molar-refractivity contribution in [3.63, 3.8) is 0 Å². The van der Waals surface area contributed by atoms with E-state index in [4.69, 9.17) is 16.2 Å². The van der Waals surface area contributed by atoms with Crippen LogP contribution in [0.5, 0.6) is 11.5 Å². The quantitative estimate of drug-likeness (QED) is 0.147. The number of anilines is 1. The Balaban J connectivity index is 1.90. The fourth-order valence-electron chi connectivity index (χ4n) is 2.48. The van der Waals surface area contributed by atoms with Crippen LogP contribution >= 0.6 is 0 Å². The maximum Gasteiger partial charge on any atom is 0.328 e. The second-order valence-electron chi connectivity index (χ2n) is 6.54. The van der Waals surface area contributed by atoms with E-state index in [2.05, 4.69) is 20.9 Å². The molecular formula is C20H23FN6O6. The van der Waals surface area contributed by atoms with Crippen LogP contribution < -0.4 is 32.2 Å². The van der Waals surface area contributed by atoms with Crippen LogP contribution in [0.15, 0.2) is 47.5 Å². The van der Waals surface area contributed by atoms with E-state index in [1.807, 2.05) is 0 Å². The number of carboxylic acids is 1. The molecular weight excluding hydrogens is 439 g/mol. The lowest BCUT2D eigenvalue weighted by Gasteiger charge is -2.16. The van der Waals surface area contributed by atoms with Crippen LogP contribution in [-0.2, 0) is 4.79 Å². The molecule has 2 rings (SSSR count). The summed E-state index contributed by atoms with van der Waals surface area (Å²) in [6, 6.07) is 6.40. The number of rotatable bonds is 10. The number of nitrogens with zero attached hydrogens (tertiary/aromatic N) is 1. The zero-order valence-corrected chi connectivity index (χ0v) is 17.2. The first-order chi connectivity index (χ1) is 15.7. The van der Waals surface area contributed by atoms with Gasteiger partial charge in [0.1, 0.15) is 30.0 Å². The highest BCUT2D eigenvalue weighted by atomic mass is 19.1. The average Bonchev–Trinajstić information content (AvgIpc) is 2.75. The summed E-state index contributed by atoms with van der Waals surface area (Å²) in [5, 5.41) is 26.2. The van der Waals surface area contributed by atoms with Crippen molar-refractivity contribution < 1.29 is 33.7 Å². The molecule has 2 aromatic rings. The Morgan fingerprint density at radius 3 is 2.42 bits per heavy atom. The molecule has 0 aromatic heterocycles. The molecule has 0 aliphatic rings. The molecule has 0 aliphatic carbocycles. The molecule has 0 bridgehead atoms. The van der Waals surface area contributed by atoms with E-state index in [1.54, 1.807) is 0 Å². The number of guanidine groups is 1. The van der Waals surface area contributed by atoms with Gasteiger partial charge in [0.05, 0.1) is 12.1 Å². The number of halogens is 1. The second kappa shape index (κ2) is 11.7. The molecule has 0 aliphatic heterocycles. The summed E-state index contributed by atoms with van der Waals surface area (Å²) in [6.07, 6.45) is 0. The number of phenolic OH excluding ortho intramolecular Hbond substituents is 1. The van der Waals surface area contributed by atoms with E-state index in [-0.39, 0.29) is 36.1 Å². The van der Waals surface area contributed by atoms with Crippen molar-refractivity contribution in [3.05, 3.63) is 53.8 Å². The highest BCUT2D eigenvalue weighted by Crippen LogP contribution is 2.23. The minimum absolute atomic E-state index is 0.0874. The van der Waals surface area contributed by atoms with Crippen molar-refractivity contribution in [1.82, 2.24) is 10.6 Å². The maximum absolute atomic E-state index is 12.9.